The first-order valence-corrected chi connectivity index (χ1v) is 9.79. The summed E-state index contributed by atoms with van der Waals surface area (Å²) >= 11 is 11.9. The Morgan fingerprint density at radius 2 is 1.71 bits per heavy atom. The number of piperazine rings is 1. The third kappa shape index (κ3) is 3.46. The van der Waals surface area contributed by atoms with Gasteiger partial charge in [0, 0.05) is 25.7 Å². The normalized spacial score (nSPS) is 20.2. The fourth-order valence-corrected chi connectivity index (χ4v) is 4.72. The van der Waals surface area contributed by atoms with Crippen molar-refractivity contribution in [3.05, 3.63) is 64.1 Å². The van der Waals surface area contributed by atoms with Crippen LogP contribution < -0.4 is 0 Å². The Morgan fingerprint density at radius 1 is 1.00 bits per heavy atom. The maximum Gasteiger partial charge on any atom is 0.243 e. The standard InChI is InChI=1S/C17H18Cl2N2O2S/c1-20-9-10-21(12-17(20)13-5-3-2-4-6-13)24(22,23)14-7-8-15(18)16(19)11-14/h2-8,11,17H,9-10,12H2,1H3. The van der Waals surface area contributed by atoms with Gasteiger partial charge in [-0.15, -0.1) is 0 Å². The third-order valence-electron chi connectivity index (χ3n) is 4.32. The first kappa shape index (κ1) is 17.7. The molecule has 2 aromatic rings. The van der Waals surface area contributed by atoms with Gasteiger partial charge in [-0.2, -0.15) is 4.31 Å². The van der Waals surface area contributed by atoms with Crippen LogP contribution in [0.4, 0.5) is 0 Å². The molecule has 0 aromatic heterocycles. The Bertz CT molecular complexity index is 828. The second-order valence-corrected chi connectivity index (χ2v) is 8.60. The minimum atomic E-state index is -3.60. The first-order chi connectivity index (χ1) is 11.4. The average molecular weight is 385 g/mol. The van der Waals surface area contributed by atoms with E-state index in [1.165, 1.54) is 22.5 Å². The number of sulfonamides is 1. The molecule has 0 radical (unpaired) electrons. The number of rotatable bonds is 3. The molecule has 3 rings (SSSR count). The molecule has 7 heteroatoms. The molecule has 1 fully saturated rings. The van der Waals surface area contributed by atoms with Crippen LogP contribution in [-0.2, 0) is 10.0 Å². The highest BCUT2D eigenvalue weighted by Crippen LogP contribution is 2.30. The zero-order valence-electron chi connectivity index (χ0n) is 13.2. The first-order valence-electron chi connectivity index (χ1n) is 7.60. The van der Waals surface area contributed by atoms with Crippen molar-refractivity contribution in [1.29, 1.82) is 0 Å². The molecule has 0 spiro atoms. The predicted molar refractivity (Wildman–Crippen MR) is 97.0 cm³/mol. The molecular formula is C17H18Cl2N2O2S. The second kappa shape index (κ2) is 7.02. The van der Waals surface area contributed by atoms with E-state index in [2.05, 4.69) is 4.90 Å². The van der Waals surface area contributed by atoms with E-state index in [0.29, 0.717) is 24.7 Å². The van der Waals surface area contributed by atoms with Crippen LogP contribution in [0.5, 0.6) is 0 Å². The van der Waals surface area contributed by atoms with Crippen molar-refractivity contribution in [2.45, 2.75) is 10.9 Å². The maximum atomic E-state index is 12.9. The maximum absolute atomic E-state index is 12.9. The van der Waals surface area contributed by atoms with Crippen molar-refractivity contribution in [2.75, 3.05) is 26.7 Å². The Balaban J connectivity index is 1.89. The van der Waals surface area contributed by atoms with Gasteiger partial charge in [0.25, 0.3) is 0 Å². The quantitative estimate of drug-likeness (QED) is 0.810. The predicted octanol–water partition coefficient (Wildman–Crippen LogP) is 3.67. The summed E-state index contributed by atoms with van der Waals surface area (Å²) in [5.41, 5.74) is 1.11. The Morgan fingerprint density at radius 3 is 2.38 bits per heavy atom. The van der Waals surface area contributed by atoms with Crippen LogP contribution in [0.25, 0.3) is 0 Å². The lowest BCUT2D eigenvalue weighted by Crippen LogP contribution is -2.48. The molecule has 1 aliphatic heterocycles. The molecule has 0 bridgehead atoms. The van der Waals surface area contributed by atoms with Crippen molar-refractivity contribution in [2.24, 2.45) is 0 Å². The minimum Gasteiger partial charge on any atom is -0.297 e. The highest BCUT2D eigenvalue weighted by Gasteiger charge is 2.33. The summed E-state index contributed by atoms with van der Waals surface area (Å²) < 4.78 is 27.4. The summed E-state index contributed by atoms with van der Waals surface area (Å²) in [5.74, 6) is 0. The van der Waals surface area contributed by atoms with Crippen molar-refractivity contribution >= 4 is 33.2 Å². The van der Waals surface area contributed by atoms with E-state index in [1.807, 2.05) is 37.4 Å². The van der Waals surface area contributed by atoms with E-state index >= 15 is 0 Å². The van der Waals surface area contributed by atoms with Crippen LogP contribution in [0.2, 0.25) is 10.0 Å². The molecule has 1 unspecified atom stereocenters. The molecular weight excluding hydrogens is 367 g/mol. The molecule has 128 valence electrons. The van der Waals surface area contributed by atoms with E-state index in [9.17, 15) is 8.42 Å². The Hall–Kier alpha value is -1.11. The van der Waals surface area contributed by atoms with Gasteiger partial charge in [-0.25, -0.2) is 8.42 Å². The van der Waals surface area contributed by atoms with Crippen molar-refractivity contribution in [3.63, 3.8) is 0 Å². The molecule has 2 aromatic carbocycles. The van der Waals surface area contributed by atoms with Crippen molar-refractivity contribution < 1.29 is 8.42 Å². The van der Waals surface area contributed by atoms with Crippen LogP contribution in [0, 0.1) is 0 Å². The fourth-order valence-electron chi connectivity index (χ4n) is 2.89. The highest BCUT2D eigenvalue weighted by molar-refractivity contribution is 7.89. The summed E-state index contributed by atoms with van der Waals surface area (Å²) in [6, 6.07) is 14.4. The highest BCUT2D eigenvalue weighted by atomic mass is 35.5. The lowest BCUT2D eigenvalue weighted by Gasteiger charge is -2.39. The van der Waals surface area contributed by atoms with Crippen molar-refractivity contribution in [3.8, 4) is 0 Å². The van der Waals surface area contributed by atoms with Gasteiger partial charge in [-0.3, -0.25) is 4.90 Å². The van der Waals surface area contributed by atoms with Gasteiger partial charge in [0.1, 0.15) is 0 Å². The summed E-state index contributed by atoms with van der Waals surface area (Å²) in [7, 11) is -1.59. The molecule has 1 saturated heterocycles. The van der Waals surface area contributed by atoms with Gasteiger partial charge in [0.2, 0.25) is 10.0 Å². The van der Waals surface area contributed by atoms with Crippen LogP contribution in [0.15, 0.2) is 53.4 Å². The largest absolute Gasteiger partial charge is 0.297 e. The van der Waals surface area contributed by atoms with Crippen LogP contribution in [0.1, 0.15) is 11.6 Å². The van der Waals surface area contributed by atoms with Gasteiger partial charge in [0.15, 0.2) is 0 Å². The minimum absolute atomic E-state index is 0.0255. The number of hydrogen-bond acceptors (Lipinski definition) is 3. The number of benzene rings is 2. The molecule has 1 atom stereocenters. The number of likely N-dealkylation sites (N-methyl/N-ethyl adjacent to an activating group) is 1. The Labute approximate surface area is 152 Å². The molecule has 4 nitrogen and oxygen atoms in total. The lowest BCUT2D eigenvalue weighted by molar-refractivity contribution is 0.148. The average Bonchev–Trinajstić information content (AvgIpc) is 2.58. The third-order valence-corrected chi connectivity index (χ3v) is 6.92. The smallest absolute Gasteiger partial charge is 0.243 e. The van der Waals surface area contributed by atoms with Gasteiger partial charge >= 0.3 is 0 Å². The van der Waals surface area contributed by atoms with Crippen molar-refractivity contribution in [1.82, 2.24) is 9.21 Å². The molecule has 0 amide bonds. The number of halogens is 2. The number of nitrogens with zero attached hydrogens (tertiary/aromatic N) is 2. The van der Waals surface area contributed by atoms with E-state index < -0.39 is 10.0 Å². The zero-order chi connectivity index (χ0) is 17.3. The molecule has 24 heavy (non-hydrogen) atoms. The van der Waals surface area contributed by atoms with Crippen LogP contribution in [-0.4, -0.2) is 44.3 Å². The molecule has 1 aliphatic rings. The molecule has 1 heterocycles. The zero-order valence-corrected chi connectivity index (χ0v) is 15.5. The lowest BCUT2D eigenvalue weighted by atomic mass is 10.0. The van der Waals surface area contributed by atoms with Crippen LogP contribution in [0.3, 0.4) is 0 Å². The topological polar surface area (TPSA) is 40.6 Å². The molecule has 0 N–H and O–H groups in total. The van der Waals surface area contributed by atoms with Gasteiger partial charge in [0.05, 0.1) is 14.9 Å². The summed E-state index contributed by atoms with van der Waals surface area (Å²) in [6.07, 6.45) is 0. The summed E-state index contributed by atoms with van der Waals surface area (Å²) in [4.78, 5) is 2.35. The second-order valence-electron chi connectivity index (χ2n) is 5.85. The summed E-state index contributed by atoms with van der Waals surface area (Å²) in [6.45, 7) is 1.52. The fraction of sp³-hybridized carbons (Fsp3) is 0.294. The molecule has 0 aliphatic carbocycles. The van der Waals surface area contributed by atoms with Gasteiger partial charge < -0.3 is 0 Å². The van der Waals surface area contributed by atoms with Gasteiger partial charge in [-0.05, 0) is 30.8 Å². The van der Waals surface area contributed by atoms with E-state index in [4.69, 9.17) is 23.2 Å². The SMILES string of the molecule is CN1CCN(S(=O)(=O)c2ccc(Cl)c(Cl)c2)CC1c1ccccc1. The summed E-state index contributed by atoms with van der Waals surface area (Å²) in [5, 5.41) is 0.586. The molecule has 0 saturated carbocycles. The van der Waals surface area contributed by atoms with E-state index in [1.54, 1.807) is 0 Å². The van der Waals surface area contributed by atoms with E-state index in [0.717, 1.165) is 5.56 Å². The number of hydrogen-bond donors (Lipinski definition) is 0. The van der Waals surface area contributed by atoms with Crippen LogP contribution >= 0.6 is 23.2 Å². The van der Waals surface area contributed by atoms with E-state index in [-0.39, 0.29) is 16.0 Å². The monoisotopic (exact) mass is 384 g/mol. The Kier molecular flexibility index (Phi) is 5.18. The van der Waals surface area contributed by atoms with Gasteiger partial charge in [-0.1, -0.05) is 53.5 Å².